The lowest BCUT2D eigenvalue weighted by atomic mass is 10.5. The van der Waals surface area contributed by atoms with Gasteiger partial charge in [0, 0.05) is 13.0 Å². The third-order valence-electron chi connectivity index (χ3n) is 0.731. The fourth-order valence-electron chi connectivity index (χ4n) is 0.369. The molecule has 6 heteroatoms. The first-order valence-electron chi connectivity index (χ1n) is 2.68. The smallest absolute Gasteiger partial charge is 0.324 e. The van der Waals surface area contributed by atoms with Crippen LogP contribution in [0.1, 0.15) is 6.42 Å². The molecule has 3 N–H and O–H groups in total. The molecule has 0 radical (unpaired) electrons. The van der Waals surface area contributed by atoms with Gasteiger partial charge in [0.2, 0.25) is 0 Å². The molecule has 0 heterocycles. The number of rotatable bonds is 4. The summed E-state index contributed by atoms with van der Waals surface area (Å²) in [5, 5.41) is 10.5. The summed E-state index contributed by atoms with van der Waals surface area (Å²) in [5.74, 6) is 0. The SMILES string of the molecule is N#CCCNCP(=O)(O)O. The Hall–Kier alpha value is -0.400. The van der Waals surface area contributed by atoms with E-state index in [2.05, 4.69) is 5.32 Å². The van der Waals surface area contributed by atoms with Crippen LogP contribution in [-0.4, -0.2) is 22.6 Å². The molecule has 0 aliphatic heterocycles. The summed E-state index contributed by atoms with van der Waals surface area (Å²) < 4.78 is 10.1. The van der Waals surface area contributed by atoms with Crippen LogP contribution in [0.2, 0.25) is 0 Å². The quantitative estimate of drug-likeness (QED) is 0.389. The van der Waals surface area contributed by atoms with E-state index in [1.807, 2.05) is 6.07 Å². The highest BCUT2D eigenvalue weighted by Gasteiger charge is 2.10. The first-order valence-corrected chi connectivity index (χ1v) is 4.48. The van der Waals surface area contributed by atoms with Crippen molar-refractivity contribution in [2.45, 2.75) is 6.42 Å². The molecule has 0 aromatic rings. The Balaban J connectivity index is 3.23. The second kappa shape index (κ2) is 4.42. The van der Waals surface area contributed by atoms with Crippen molar-refractivity contribution < 1.29 is 14.4 Å². The van der Waals surface area contributed by atoms with Crippen molar-refractivity contribution in [1.29, 1.82) is 5.26 Å². The van der Waals surface area contributed by atoms with E-state index in [0.29, 0.717) is 6.54 Å². The zero-order valence-electron chi connectivity index (χ0n) is 5.32. The maximum Gasteiger partial charge on any atom is 0.339 e. The number of nitrogens with one attached hydrogen (secondary N) is 1. The predicted octanol–water partition coefficient (Wildman–Crippen LogP) is -0.375. The predicted molar refractivity (Wildman–Crippen MR) is 35.1 cm³/mol. The minimum atomic E-state index is -3.93. The zero-order valence-corrected chi connectivity index (χ0v) is 6.21. The largest absolute Gasteiger partial charge is 0.339 e. The van der Waals surface area contributed by atoms with Crippen LogP contribution in [-0.2, 0) is 4.57 Å². The molecule has 0 unspecified atom stereocenters. The van der Waals surface area contributed by atoms with Crippen LogP contribution in [0.3, 0.4) is 0 Å². The highest BCUT2D eigenvalue weighted by molar-refractivity contribution is 7.51. The Bertz CT molecular complexity index is 170. The van der Waals surface area contributed by atoms with Crippen molar-refractivity contribution in [2.75, 3.05) is 12.8 Å². The molecule has 0 aromatic carbocycles. The normalized spacial score (nSPS) is 10.9. The Morgan fingerprint density at radius 3 is 2.60 bits per heavy atom. The molecule has 10 heavy (non-hydrogen) atoms. The summed E-state index contributed by atoms with van der Waals surface area (Å²) in [6.07, 6.45) is -0.0886. The van der Waals surface area contributed by atoms with Crippen LogP contribution >= 0.6 is 7.60 Å². The number of nitrogens with zero attached hydrogens (tertiary/aromatic N) is 1. The van der Waals surface area contributed by atoms with Crippen LogP contribution in [0, 0.1) is 11.3 Å². The van der Waals surface area contributed by atoms with Crippen LogP contribution < -0.4 is 5.32 Å². The Kier molecular flexibility index (Phi) is 4.24. The zero-order chi connectivity index (χ0) is 8.04. The second-order valence-electron chi connectivity index (χ2n) is 1.73. The minimum Gasteiger partial charge on any atom is -0.324 e. The summed E-state index contributed by atoms with van der Waals surface area (Å²) in [7, 11) is -3.93. The molecule has 0 saturated heterocycles. The van der Waals surface area contributed by atoms with Crippen LogP contribution in [0.5, 0.6) is 0 Å². The third-order valence-corrected chi connectivity index (χ3v) is 1.37. The molecule has 0 fully saturated rings. The molecule has 0 aliphatic carbocycles. The van der Waals surface area contributed by atoms with Gasteiger partial charge in [0.1, 0.15) is 0 Å². The molecular weight excluding hydrogens is 155 g/mol. The highest BCUT2D eigenvalue weighted by Crippen LogP contribution is 2.31. The average molecular weight is 164 g/mol. The number of hydrogen-bond acceptors (Lipinski definition) is 3. The highest BCUT2D eigenvalue weighted by atomic mass is 31.2. The number of hydrogen-bond donors (Lipinski definition) is 3. The standard InChI is InChI=1S/C4H9N2O3P/c5-2-1-3-6-4-10(7,8)9/h6H,1,3-4H2,(H2,7,8,9). The van der Waals surface area contributed by atoms with Crippen LogP contribution in [0.25, 0.3) is 0 Å². The molecule has 0 atom stereocenters. The van der Waals surface area contributed by atoms with Crippen molar-refractivity contribution >= 4 is 7.60 Å². The maximum atomic E-state index is 10.1. The van der Waals surface area contributed by atoms with Crippen molar-refractivity contribution in [2.24, 2.45) is 0 Å². The number of nitriles is 1. The fraction of sp³-hybridized carbons (Fsp3) is 0.750. The van der Waals surface area contributed by atoms with E-state index < -0.39 is 7.60 Å². The van der Waals surface area contributed by atoms with Crippen LogP contribution in [0.15, 0.2) is 0 Å². The van der Waals surface area contributed by atoms with Crippen LogP contribution in [0.4, 0.5) is 0 Å². The van der Waals surface area contributed by atoms with Gasteiger partial charge in [0.15, 0.2) is 0 Å². The van der Waals surface area contributed by atoms with E-state index in [4.69, 9.17) is 15.0 Å². The molecule has 0 saturated carbocycles. The third kappa shape index (κ3) is 7.60. The molecular formula is C4H9N2O3P. The van der Waals surface area contributed by atoms with Crippen molar-refractivity contribution in [1.82, 2.24) is 5.32 Å². The van der Waals surface area contributed by atoms with Gasteiger partial charge in [-0.2, -0.15) is 5.26 Å². The van der Waals surface area contributed by atoms with Gasteiger partial charge in [-0.1, -0.05) is 0 Å². The summed E-state index contributed by atoms with van der Waals surface area (Å²) in [6, 6.07) is 1.84. The molecule has 0 bridgehead atoms. The lowest BCUT2D eigenvalue weighted by Crippen LogP contribution is -2.16. The average Bonchev–Trinajstić information content (AvgIpc) is 1.78. The maximum absolute atomic E-state index is 10.1. The van der Waals surface area contributed by atoms with E-state index in [1.165, 1.54) is 0 Å². The Morgan fingerprint density at radius 2 is 2.20 bits per heavy atom. The van der Waals surface area contributed by atoms with Gasteiger partial charge in [-0.15, -0.1) is 0 Å². The lowest BCUT2D eigenvalue weighted by Gasteiger charge is -2.02. The van der Waals surface area contributed by atoms with Gasteiger partial charge in [-0.3, -0.25) is 4.57 Å². The summed E-state index contributed by atoms with van der Waals surface area (Å²) in [4.78, 5) is 16.6. The van der Waals surface area contributed by atoms with E-state index >= 15 is 0 Å². The molecule has 0 rings (SSSR count). The first-order chi connectivity index (χ1) is 4.56. The van der Waals surface area contributed by atoms with E-state index in [1.54, 1.807) is 0 Å². The van der Waals surface area contributed by atoms with Crippen molar-refractivity contribution in [3.8, 4) is 6.07 Å². The molecule has 58 valence electrons. The lowest BCUT2D eigenvalue weighted by molar-refractivity contribution is 0.368. The van der Waals surface area contributed by atoms with Crippen molar-refractivity contribution in [3.63, 3.8) is 0 Å². The van der Waals surface area contributed by atoms with E-state index in [9.17, 15) is 4.57 Å². The monoisotopic (exact) mass is 164 g/mol. The topological polar surface area (TPSA) is 93.4 Å². The molecule has 0 spiro atoms. The van der Waals surface area contributed by atoms with E-state index in [0.717, 1.165) is 0 Å². The second-order valence-corrected chi connectivity index (χ2v) is 3.38. The van der Waals surface area contributed by atoms with Gasteiger partial charge in [-0.25, -0.2) is 0 Å². The fourth-order valence-corrected chi connectivity index (χ4v) is 0.818. The molecule has 0 aliphatic rings. The summed E-state index contributed by atoms with van der Waals surface area (Å²) >= 11 is 0. The Morgan fingerprint density at radius 1 is 1.60 bits per heavy atom. The molecule has 5 nitrogen and oxygen atoms in total. The van der Waals surface area contributed by atoms with Gasteiger partial charge < -0.3 is 15.1 Å². The van der Waals surface area contributed by atoms with Gasteiger partial charge in [-0.05, 0) is 0 Å². The van der Waals surface area contributed by atoms with E-state index in [-0.39, 0.29) is 12.7 Å². The molecule has 0 amide bonds. The minimum absolute atomic E-state index is 0.264. The summed E-state index contributed by atoms with van der Waals surface area (Å²) in [6.45, 7) is 0.321. The Labute approximate surface area is 58.8 Å². The molecule has 0 aromatic heterocycles. The van der Waals surface area contributed by atoms with Gasteiger partial charge in [0.05, 0.1) is 12.4 Å². The summed E-state index contributed by atoms with van der Waals surface area (Å²) in [5.41, 5.74) is 0. The first kappa shape index (κ1) is 9.60. The van der Waals surface area contributed by atoms with Gasteiger partial charge >= 0.3 is 7.60 Å². The van der Waals surface area contributed by atoms with Crippen molar-refractivity contribution in [3.05, 3.63) is 0 Å². The van der Waals surface area contributed by atoms with Gasteiger partial charge in [0.25, 0.3) is 0 Å².